The van der Waals surface area contributed by atoms with Crippen molar-refractivity contribution < 1.29 is 9.53 Å². The summed E-state index contributed by atoms with van der Waals surface area (Å²) in [6, 6.07) is 0. The molecule has 0 saturated carbocycles. The monoisotopic (exact) mass is 242 g/mol. The van der Waals surface area contributed by atoms with Gasteiger partial charge in [-0.1, -0.05) is 0 Å². The van der Waals surface area contributed by atoms with Crippen LogP contribution in [0.1, 0.15) is 34.6 Å². The summed E-state index contributed by atoms with van der Waals surface area (Å²) in [4.78, 5) is 15.5. The molecule has 0 N–H and O–H groups in total. The molecule has 17 heavy (non-hydrogen) atoms. The Morgan fingerprint density at radius 1 is 1.24 bits per heavy atom. The van der Waals surface area contributed by atoms with Crippen molar-refractivity contribution in [3.05, 3.63) is 0 Å². The highest BCUT2D eigenvalue weighted by molar-refractivity contribution is 5.73. The summed E-state index contributed by atoms with van der Waals surface area (Å²) >= 11 is 0. The number of carbonyl (C=O) groups is 1. The minimum atomic E-state index is -0.0827. The second-order valence-corrected chi connectivity index (χ2v) is 5.85. The van der Waals surface area contributed by atoms with Gasteiger partial charge in [0.1, 0.15) is 0 Å². The van der Waals surface area contributed by atoms with Crippen molar-refractivity contribution in [3.63, 3.8) is 0 Å². The summed E-state index contributed by atoms with van der Waals surface area (Å²) < 4.78 is 5.89. The quantitative estimate of drug-likeness (QED) is 0.749. The molecule has 0 spiro atoms. The summed E-state index contributed by atoms with van der Waals surface area (Å²) in [5.41, 5.74) is -0.0827. The largest absolute Gasteiger partial charge is 0.372 e. The van der Waals surface area contributed by atoms with E-state index in [0.717, 1.165) is 32.7 Å². The first-order valence-corrected chi connectivity index (χ1v) is 6.43. The number of piperazine rings is 1. The number of rotatable bonds is 3. The Labute approximate surface area is 105 Å². The van der Waals surface area contributed by atoms with E-state index >= 15 is 0 Å². The Morgan fingerprint density at radius 2 is 1.76 bits per heavy atom. The zero-order chi connectivity index (χ0) is 13.1. The third-order valence-electron chi connectivity index (χ3n) is 2.89. The fraction of sp³-hybridized carbons (Fsp3) is 0.923. The minimum Gasteiger partial charge on any atom is -0.372 e. The maximum atomic E-state index is 11.2. The molecule has 1 aliphatic rings. The molecule has 1 aliphatic heterocycles. The Hall–Kier alpha value is -0.610. The van der Waals surface area contributed by atoms with Crippen molar-refractivity contribution in [1.82, 2.24) is 9.80 Å². The lowest BCUT2D eigenvalue weighted by molar-refractivity contribution is -0.131. The van der Waals surface area contributed by atoms with Gasteiger partial charge in [-0.15, -0.1) is 0 Å². The van der Waals surface area contributed by atoms with Crippen LogP contribution in [0.2, 0.25) is 0 Å². The molecule has 0 aromatic rings. The number of hydrogen-bond acceptors (Lipinski definition) is 3. The summed E-state index contributed by atoms with van der Waals surface area (Å²) in [6.45, 7) is 14.5. The fourth-order valence-corrected chi connectivity index (χ4v) is 2.25. The van der Waals surface area contributed by atoms with E-state index in [0.29, 0.717) is 0 Å². The molecule has 1 saturated heterocycles. The van der Waals surface area contributed by atoms with E-state index in [4.69, 9.17) is 4.74 Å². The smallest absolute Gasteiger partial charge is 0.219 e. The summed E-state index contributed by atoms with van der Waals surface area (Å²) in [5.74, 6) is 0.184. The zero-order valence-corrected chi connectivity index (χ0v) is 11.8. The van der Waals surface area contributed by atoms with E-state index in [9.17, 15) is 4.79 Å². The first-order chi connectivity index (χ1) is 7.78. The number of ether oxygens (including phenoxy) is 1. The molecule has 1 unspecified atom stereocenters. The van der Waals surface area contributed by atoms with Crippen LogP contribution in [-0.2, 0) is 9.53 Å². The van der Waals surface area contributed by atoms with Gasteiger partial charge in [-0.3, -0.25) is 9.69 Å². The van der Waals surface area contributed by atoms with Gasteiger partial charge < -0.3 is 9.64 Å². The SMILES string of the molecule is CC(=O)N1CCN(CC(C)OC(C)(C)C)CC1. The predicted octanol–water partition coefficient (Wildman–Crippen LogP) is 1.35. The standard InChI is InChI=1S/C13H26N2O2/c1-11(17-13(3,4)5)10-14-6-8-15(9-7-14)12(2)16/h11H,6-10H2,1-5H3. The molecule has 4 nitrogen and oxygen atoms in total. The third-order valence-corrected chi connectivity index (χ3v) is 2.89. The molecule has 1 fully saturated rings. The van der Waals surface area contributed by atoms with Crippen LogP contribution in [0.25, 0.3) is 0 Å². The molecule has 1 rings (SSSR count). The molecular formula is C13H26N2O2. The third kappa shape index (κ3) is 5.50. The van der Waals surface area contributed by atoms with Gasteiger partial charge in [-0.2, -0.15) is 0 Å². The van der Waals surface area contributed by atoms with Crippen molar-refractivity contribution in [2.24, 2.45) is 0 Å². The van der Waals surface area contributed by atoms with Crippen LogP contribution in [0.4, 0.5) is 0 Å². The van der Waals surface area contributed by atoms with Crippen LogP contribution in [0.15, 0.2) is 0 Å². The summed E-state index contributed by atoms with van der Waals surface area (Å²) in [6.07, 6.45) is 0.235. The highest BCUT2D eigenvalue weighted by Gasteiger charge is 2.22. The van der Waals surface area contributed by atoms with Crippen molar-refractivity contribution in [2.75, 3.05) is 32.7 Å². The highest BCUT2D eigenvalue weighted by Crippen LogP contribution is 2.12. The van der Waals surface area contributed by atoms with E-state index in [1.165, 1.54) is 0 Å². The van der Waals surface area contributed by atoms with Crippen LogP contribution in [0, 0.1) is 0 Å². The maximum absolute atomic E-state index is 11.2. The van der Waals surface area contributed by atoms with Crippen LogP contribution in [0.3, 0.4) is 0 Å². The Kier molecular flexibility index (Phi) is 4.95. The van der Waals surface area contributed by atoms with Crippen molar-refractivity contribution >= 4 is 5.91 Å². The molecule has 0 aromatic carbocycles. The van der Waals surface area contributed by atoms with Gasteiger partial charge in [0.05, 0.1) is 11.7 Å². The van der Waals surface area contributed by atoms with E-state index in [2.05, 4.69) is 32.6 Å². The van der Waals surface area contributed by atoms with Gasteiger partial charge in [-0.25, -0.2) is 0 Å². The highest BCUT2D eigenvalue weighted by atomic mass is 16.5. The molecule has 0 radical (unpaired) electrons. The number of hydrogen-bond donors (Lipinski definition) is 0. The molecular weight excluding hydrogens is 216 g/mol. The Balaban J connectivity index is 2.28. The zero-order valence-electron chi connectivity index (χ0n) is 11.8. The van der Waals surface area contributed by atoms with Crippen LogP contribution < -0.4 is 0 Å². The number of amides is 1. The van der Waals surface area contributed by atoms with Crippen molar-refractivity contribution in [2.45, 2.75) is 46.3 Å². The number of nitrogens with zero attached hydrogens (tertiary/aromatic N) is 2. The van der Waals surface area contributed by atoms with Crippen LogP contribution in [0.5, 0.6) is 0 Å². The molecule has 1 amide bonds. The molecule has 4 heteroatoms. The first kappa shape index (κ1) is 14.5. The van der Waals surface area contributed by atoms with E-state index in [1.54, 1.807) is 6.92 Å². The minimum absolute atomic E-state index is 0.0827. The molecule has 0 bridgehead atoms. The Bertz CT molecular complexity index is 253. The maximum Gasteiger partial charge on any atom is 0.219 e. The average Bonchev–Trinajstić information content (AvgIpc) is 2.15. The van der Waals surface area contributed by atoms with E-state index < -0.39 is 0 Å². The van der Waals surface area contributed by atoms with E-state index in [-0.39, 0.29) is 17.6 Å². The van der Waals surface area contributed by atoms with Crippen LogP contribution >= 0.6 is 0 Å². The lowest BCUT2D eigenvalue weighted by Crippen LogP contribution is -2.50. The summed E-state index contributed by atoms with van der Waals surface area (Å²) in [5, 5.41) is 0. The van der Waals surface area contributed by atoms with Crippen LogP contribution in [-0.4, -0.2) is 60.1 Å². The topological polar surface area (TPSA) is 32.8 Å². The van der Waals surface area contributed by atoms with Gasteiger partial charge in [-0.05, 0) is 27.7 Å². The lowest BCUT2D eigenvalue weighted by Gasteiger charge is -2.36. The fourth-order valence-electron chi connectivity index (χ4n) is 2.25. The van der Waals surface area contributed by atoms with E-state index in [1.807, 2.05) is 4.90 Å². The average molecular weight is 242 g/mol. The summed E-state index contributed by atoms with van der Waals surface area (Å²) in [7, 11) is 0. The van der Waals surface area contributed by atoms with Gasteiger partial charge in [0, 0.05) is 39.6 Å². The van der Waals surface area contributed by atoms with Crippen molar-refractivity contribution in [3.8, 4) is 0 Å². The second kappa shape index (κ2) is 5.83. The van der Waals surface area contributed by atoms with Gasteiger partial charge in [0.2, 0.25) is 5.91 Å². The molecule has 1 atom stereocenters. The molecule has 0 aliphatic carbocycles. The predicted molar refractivity (Wildman–Crippen MR) is 69.0 cm³/mol. The molecule has 1 heterocycles. The second-order valence-electron chi connectivity index (χ2n) is 5.85. The van der Waals surface area contributed by atoms with Crippen molar-refractivity contribution in [1.29, 1.82) is 0 Å². The molecule has 100 valence electrons. The van der Waals surface area contributed by atoms with Gasteiger partial charge in [0.15, 0.2) is 0 Å². The molecule has 0 aromatic heterocycles. The number of carbonyl (C=O) groups excluding carboxylic acids is 1. The lowest BCUT2D eigenvalue weighted by atomic mass is 10.2. The Morgan fingerprint density at radius 3 is 2.18 bits per heavy atom. The van der Waals surface area contributed by atoms with Gasteiger partial charge in [0.25, 0.3) is 0 Å². The van der Waals surface area contributed by atoms with Gasteiger partial charge >= 0.3 is 0 Å². The normalized spacial score (nSPS) is 20.4. The first-order valence-electron chi connectivity index (χ1n) is 6.43.